The van der Waals surface area contributed by atoms with Crippen LogP contribution in [0.1, 0.15) is 6.92 Å². The Hall–Kier alpha value is -0.960. The third-order valence-corrected chi connectivity index (χ3v) is 2.18. The largest absolute Gasteiger partial charge is 0.465 e. The van der Waals surface area contributed by atoms with E-state index < -0.39 is 0 Å². The molecule has 0 heterocycles. The number of hydrogen-bond donors (Lipinski definition) is 0. The lowest BCUT2D eigenvalue weighted by Crippen LogP contribution is -2.01. The topological polar surface area (TPSA) is 26.3 Å². The van der Waals surface area contributed by atoms with Crippen LogP contribution in [0.3, 0.4) is 0 Å². The van der Waals surface area contributed by atoms with E-state index in [1.165, 1.54) is 17.5 Å². The van der Waals surface area contributed by atoms with E-state index in [2.05, 4.69) is 0 Å². The molecule has 1 aromatic rings. The predicted molar refractivity (Wildman–Crippen MR) is 53.2 cm³/mol. The first-order valence-electron chi connectivity index (χ1n) is 4.04. The minimum Gasteiger partial charge on any atom is -0.465 e. The molecule has 0 N–H and O–H groups in total. The maximum atomic E-state index is 10.9. The smallest absolute Gasteiger partial charge is 0.321 e. The van der Waals surface area contributed by atoms with Gasteiger partial charge in [-0.2, -0.15) is 0 Å². The summed E-state index contributed by atoms with van der Waals surface area (Å²) in [5.41, 5.74) is 0. The van der Waals surface area contributed by atoms with Gasteiger partial charge in [-0.3, -0.25) is 4.79 Å². The molecule has 0 aromatic heterocycles. The van der Waals surface area contributed by atoms with Crippen molar-refractivity contribution in [2.75, 3.05) is 6.61 Å². The van der Waals surface area contributed by atoms with E-state index >= 15 is 0 Å². The Labute approximate surface area is 82.3 Å². The summed E-state index contributed by atoms with van der Waals surface area (Å²) in [6.07, 6.45) is 0. The first kappa shape index (κ1) is 10.1. The molecular weight excluding hydrogens is 184 g/mol. The van der Waals surface area contributed by atoms with Gasteiger partial charge in [0.25, 0.3) is 0 Å². The van der Waals surface area contributed by atoms with Gasteiger partial charge >= 0.3 is 5.97 Å². The van der Waals surface area contributed by atoms with Crippen molar-refractivity contribution in [3.8, 4) is 0 Å². The summed E-state index contributed by atoms with van der Waals surface area (Å²) in [5, 5.41) is 0. The Balaban J connectivity index is 2.31. The van der Waals surface area contributed by atoms with Crippen molar-refractivity contribution in [3.63, 3.8) is 0 Å². The van der Waals surface area contributed by atoms with Crippen molar-refractivity contribution in [1.29, 1.82) is 0 Å². The molecule has 69 valence electrons. The molecule has 1 radical (unpaired) electrons. The van der Waals surface area contributed by atoms with Crippen LogP contribution in [0.15, 0.2) is 35.2 Å². The van der Waals surface area contributed by atoms with Gasteiger partial charge in [0, 0.05) is 4.90 Å². The molecule has 3 heteroatoms. The Morgan fingerprint density at radius 1 is 1.46 bits per heavy atom. The average Bonchev–Trinajstić information content (AvgIpc) is 2.17. The predicted octanol–water partition coefficient (Wildman–Crippen LogP) is 2.50. The standard InChI is InChI=1S/C10H11O2S/c1-2-12-10(11)8-13-9-6-4-3-5-7-9/h3-8H,2H2,1H3. The van der Waals surface area contributed by atoms with Crippen LogP contribution in [0.5, 0.6) is 0 Å². The summed E-state index contributed by atoms with van der Waals surface area (Å²) in [6.45, 7) is 2.21. The number of benzene rings is 1. The molecule has 0 spiro atoms. The average molecular weight is 195 g/mol. The Bertz CT molecular complexity index is 259. The maximum absolute atomic E-state index is 10.9. The Morgan fingerprint density at radius 3 is 2.77 bits per heavy atom. The highest BCUT2D eigenvalue weighted by molar-refractivity contribution is 8.02. The number of esters is 1. The number of rotatable bonds is 4. The number of hydrogen-bond acceptors (Lipinski definition) is 3. The SMILES string of the molecule is CCOC(=O)[CH]Sc1ccccc1. The van der Waals surface area contributed by atoms with E-state index in [0.717, 1.165) is 4.90 Å². The fourth-order valence-corrected chi connectivity index (χ4v) is 1.41. The molecule has 0 unspecified atom stereocenters. The van der Waals surface area contributed by atoms with Crippen LogP contribution in [-0.2, 0) is 9.53 Å². The highest BCUT2D eigenvalue weighted by Crippen LogP contribution is 2.19. The van der Waals surface area contributed by atoms with Gasteiger partial charge < -0.3 is 4.74 Å². The summed E-state index contributed by atoms with van der Waals surface area (Å²) < 4.78 is 4.75. The molecule has 0 aliphatic heterocycles. The lowest BCUT2D eigenvalue weighted by Gasteiger charge is -2.00. The third-order valence-electron chi connectivity index (χ3n) is 1.32. The second-order valence-electron chi connectivity index (χ2n) is 2.30. The van der Waals surface area contributed by atoms with Gasteiger partial charge in [0.05, 0.1) is 6.61 Å². The zero-order valence-electron chi connectivity index (χ0n) is 7.40. The lowest BCUT2D eigenvalue weighted by molar-refractivity contribution is -0.137. The molecule has 0 atom stereocenters. The second-order valence-corrected chi connectivity index (χ2v) is 3.24. The van der Waals surface area contributed by atoms with Crippen molar-refractivity contribution < 1.29 is 9.53 Å². The van der Waals surface area contributed by atoms with E-state index in [9.17, 15) is 4.79 Å². The van der Waals surface area contributed by atoms with Crippen molar-refractivity contribution in [2.45, 2.75) is 11.8 Å². The van der Waals surface area contributed by atoms with E-state index in [1.54, 1.807) is 6.92 Å². The first-order chi connectivity index (χ1) is 6.33. The summed E-state index contributed by atoms with van der Waals surface area (Å²) >= 11 is 1.37. The van der Waals surface area contributed by atoms with Crippen molar-refractivity contribution >= 4 is 17.7 Å². The normalized spacial score (nSPS) is 9.62. The highest BCUT2D eigenvalue weighted by atomic mass is 32.2. The Morgan fingerprint density at radius 2 is 2.15 bits per heavy atom. The van der Waals surface area contributed by atoms with E-state index in [-0.39, 0.29) is 5.97 Å². The molecule has 0 aliphatic carbocycles. The van der Waals surface area contributed by atoms with Crippen LogP contribution < -0.4 is 0 Å². The zero-order chi connectivity index (χ0) is 9.52. The highest BCUT2D eigenvalue weighted by Gasteiger charge is 2.02. The van der Waals surface area contributed by atoms with E-state index in [0.29, 0.717) is 6.61 Å². The van der Waals surface area contributed by atoms with Crippen LogP contribution >= 0.6 is 11.8 Å². The molecule has 0 saturated heterocycles. The van der Waals surface area contributed by atoms with Crippen molar-refractivity contribution in [2.24, 2.45) is 0 Å². The third kappa shape index (κ3) is 3.99. The van der Waals surface area contributed by atoms with E-state index in [1.807, 2.05) is 30.3 Å². The molecule has 1 aromatic carbocycles. The fourth-order valence-electron chi connectivity index (χ4n) is 0.791. The molecule has 0 saturated carbocycles. The lowest BCUT2D eigenvalue weighted by atomic mass is 10.4. The first-order valence-corrected chi connectivity index (χ1v) is 4.92. The molecule has 2 nitrogen and oxygen atoms in total. The van der Waals surface area contributed by atoms with Crippen molar-refractivity contribution in [3.05, 3.63) is 36.1 Å². The molecule has 1 rings (SSSR count). The van der Waals surface area contributed by atoms with Gasteiger partial charge in [-0.05, 0) is 19.1 Å². The minimum absolute atomic E-state index is 0.281. The zero-order valence-corrected chi connectivity index (χ0v) is 8.21. The number of thioether (sulfide) groups is 1. The summed E-state index contributed by atoms with van der Waals surface area (Å²) in [5.74, 6) is 1.19. The molecular formula is C10H11O2S. The molecule has 0 bridgehead atoms. The molecule has 0 amide bonds. The van der Waals surface area contributed by atoms with Gasteiger partial charge in [-0.25, -0.2) is 0 Å². The fraction of sp³-hybridized carbons (Fsp3) is 0.200. The molecule has 13 heavy (non-hydrogen) atoms. The monoisotopic (exact) mass is 195 g/mol. The van der Waals surface area contributed by atoms with Gasteiger partial charge in [-0.15, -0.1) is 11.8 Å². The molecule has 0 aliphatic rings. The summed E-state index contributed by atoms with van der Waals surface area (Å²) in [4.78, 5) is 12.0. The number of ether oxygens (including phenoxy) is 1. The van der Waals surface area contributed by atoms with Crippen LogP contribution in [-0.4, -0.2) is 12.6 Å². The van der Waals surface area contributed by atoms with Gasteiger partial charge in [0.1, 0.15) is 5.75 Å². The van der Waals surface area contributed by atoms with Crippen LogP contribution in [0, 0.1) is 5.75 Å². The minimum atomic E-state index is -0.281. The van der Waals surface area contributed by atoms with Gasteiger partial charge in [-0.1, -0.05) is 18.2 Å². The molecule has 0 fully saturated rings. The second kappa shape index (κ2) is 5.65. The van der Waals surface area contributed by atoms with Crippen LogP contribution in [0.2, 0.25) is 0 Å². The van der Waals surface area contributed by atoms with Gasteiger partial charge in [0.2, 0.25) is 0 Å². The summed E-state index contributed by atoms with van der Waals surface area (Å²) in [7, 11) is 0. The maximum Gasteiger partial charge on any atom is 0.321 e. The van der Waals surface area contributed by atoms with E-state index in [4.69, 9.17) is 4.74 Å². The summed E-state index contributed by atoms with van der Waals surface area (Å²) in [6, 6.07) is 9.69. The number of carbonyl (C=O) groups is 1. The Kier molecular flexibility index (Phi) is 4.40. The van der Waals surface area contributed by atoms with Crippen LogP contribution in [0.25, 0.3) is 0 Å². The number of carbonyl (C=O) groups excluding carboxylic acids is 1. The van der Waals surface area contributed by atoms with Gasteiger partial charge in [0.15, 0.2) is 0 Å². The van der Waals surface area contributed by atoms with Crippen molar-refractivity contribution in [1.82, 2.24) is 0 Å². The van der Waals surface area contributed by atoms with Crippen LogP contribution in [0.4, 0.5) is 0 Å². The quantitative estimate of drug-likeness (QED) is 0.545.